The van der Waals surface area contributed by atoms with Crippen molar-refractivity contribution >= 4 is 6.03 Å². The summed E-state index contributed by atoms with van der Waals surface area (Å²) in [5, 5.41) is 15.0. The van der Waals surface area contributed by atoms with Crippen LogP contribution in [0, 0.1) is 5.41 Å². The van der Waals surface area contributed by atoms with E-state index in [2.05, 4.69) is 22.5 Å². The molecule has 0 aromatic carbocycles. The highest BCUT2D eigenvalue weighted by Crippen LogP contribution is 2.44. The van der Waals surface area contributed by atoms with Gasteiger partial charge in [-0.25, -0.2) is 4.79 Å². The standard InChI is InChI=1S/C16H31N3O2/c1-14-6-2-4-10-19(14)11-5-3-9-17-15(21)18-12-16(13-20)7-8-16/h14,20H,2-13H2,1H3,(H2,17,18,21). The molecule has 1 atom stereocenters. The van der Waals surface area contributed by atoms with Crippen molar-refractivity contribution in [1.82, 2.24) is 15.5 Å². The lowest BCUT2D eigenvalue weighted by Crippen LogP contribution is -2.40. The summed E-state index contributed by atoms with van der Waals surface area (Å²) in [6.45, 7) is 6.22. The second-order valence-corrected chi connectivity index (χ2v) is 6.86. The number of likely N-dealkylation sites (tertiary alicyclic amines) is 1. The molecule has 122 valence electrons. The topological polar surface area (TPSA) is 64.6 Å². The number of nitrogens with one attached hydrogen (secondary N) is 2. The third-order valence-electron chi connectivity index (χ3n) is 5.01. The number of piperidine rings is 1. The molecule has 1 heterocycles. The fraction of sp³-hybridized carbons (Fsp3) is 0.938. The zero-order valence-corrected chi connectivity index (χ0v) is 13.4. The summed E-state index contributed by atoms with van der Waals surface area (Å²) in [6.07, 6.45) is 8.25. The molecule has 1 unspecified atom stereocenters. The Morgan fingerprint density at radius 3 is 2.76 bits per heavy atom. The Balaban J connectivity index is 1.46. The number of hydrogen-bond acceptors (Lipinski definition) is 3. The quantitative estimate of drug-likeness (QED) is 0.598. The smallest absolute Gasteiger partial charge is 0.314 e. The molecule has 3 N–H and O–H groups in total. The van der Waals surface area contributed by atoms with Crippen LogP contribution >= 0.6 is 0 Å². The first-order valence-electron chi connectivity index (χ1n) is 8.52. The van der Waals surface area contributed by atoms with Crippen LogP contribution in [0.3, 0.4) is 0 Å². The van der Waals surface area contributed by atoms with Gasteiger partial charge in [-0.3, -0.25) is 0 Å². The molecule has 1 saturated heterocycles. The minimum absolute atomic E-state index is 0.0122. The molecule has 0 radical (unpaired) electrons. The van der Waals surface area contributed by atoms with Crippen molar-refractivity contribution in [2.24, 2.45) is 5.41 Å². The van der Waals surface area contributed by atoms with Crippen LogP contribution in [0.4, 0.5) is 4.79 Å². The Morgan fingerprint density at radius 2 is 2.10 bits per heavy atom. The van der Waals surface area contributed by atoms with E-state index in [0.29, 0.717) is 6.54 Å². The van der Waals surface area contributed by atoms with Crippen LogP contribution in [0.5, 0.6) is 0 Å². The fourth-order valence-electron chi connectivity index (χ4n) is 3.03. The molecule has 2 amide bonds. The van der Waals surface area contributed by atoms with E-state index in [-0.39, 0.29) is 18.1 Å². The lowest BCUT2D eigenvalue weighted by molar-refractivity contribution is 0.158. The fourth-order valence-corrected chi connectivity index (χ4v) is 3.03. The van der Waals surface area contributed by atoms with Gasteiger partial charge in [0.05, 0.1) is 6.61 Å². The third-order valence-corrected chi connectivity index (χ3v) is 5.01. The van der Waals surface area contributed by atoms with Gasteiger partial charge in [-0.1, -0.05) is 6.42 Å². The number of unbranched alkanes of at least 4 members (excludes halogenated alkanes) is 1. The van der Waals surface area contributed by atoms with E-state index < -0.39 is 0 Å². The molecular weight excluding hydrogens is 266 g/mol. The van der Waals surface area contributed by atoms with E-state index in [1.165, 1.54) is 25.8 Å². The lowest BCUT2D eigenvalue weighted by atomic mass is 10.0. The second kappa shape index (κ2) is 7.99. The van der Waals surface area contributed by atoms with E-state index in [9.17, 15) is 9.90 Å². The number of nitrogens with zero attached hydrogens (tertiary/aromatic N) is 1. The van der Waals surface area contributed by atoms with E-state index in [4.69, 9.17) is 0 Å². The minimum atomic E-state index is -0.0962. The Kier molecular flexibility index (Phi) is 6.30. The number of carbonyl (C=O) groups excluding carboxylic acids is 1. The monoisotopic (exact) mass is 297 g/mol. The maximum Gasteiger partial charge on any atom is 0.314 e. The average molecular weight is 297 g/mol. The number of aliphatic hydroxyl groups excluding tert-OH is 1. The van der Waals surface area contributed by atoms with E-state index in [1.54, 1.807) is 0 Å². The normalized spacial score (nSPS) is 24.6. The van der Waals surface area contributed by atoms with Crippen LogP contribution in [0.25, 0.3) is 0 Å². The SMILES string of the molecule is CC1CCCCN1CCCCNC(=O)NCC1(CO)CC1. The first kappa shape index (κ1) is 16.6. The molecule has 1 saturated carbocycles. The highest BCUT2D eigenvalue weighted by molar-refractivity contribution is 5.73. The average Bonchev–Trinajstić information content (AvgIpc) is 3.27. The molecule has 21 heavy (non-hydrogen) atoms. The van der Waals surface area contributed by atoms with Gasteiger partial charge in [0.15, 0.2) is 0 Å². The molecule has 1 aliphatic carbocycles. The van der Waals surface area contributed by atoms with Crippen molar-refractivity contribution in [3.05, 3.63) is 0 Å². The molecule has 0 spiro atoms. The molecule has 0 aromatic rings. The Labute approximate surface area is 128 Å². The summed E-state index contributed by atoms with van der Waals surface area (Å²) < 4.78 is 0. The number of rotatable bonds is 8. The van der Waals surface area contributed by atoms with Crippen LogP contribution in [0.2, 0.25) is 0 Å². The molecule has 5 nitrogen and oxygen atoms in total. The Morgan fingerprint density at radius 1 is 1.29 bits per heavy atom. The van der Waals surface area contributed by atoms with Crippen molar-refractivity contribution in [2.75, 3.05) is 32.8 Å². The van der Waals surface area contributed by atoms with Gasteiger partial charge >= 0.3 is 6.03 Å². The first-order chi connectivity index (χ1) is 10.2. The van der Waals surface area contributed by atoms with Crippen molar-refractivity contribution in [3.63, 3.8) is 0 Å². The van der Waals surface area contributed by atoms with Crippen molar-refractivity contribution < 1.29 is 9.90 Å². The highest BCUT2D eigenvalue weighted by atomic mass is 16.3. The molecule has 2 aliphatic rings. The molecular formula is C16H31N3O2. The predicted molar refractivity (Wildman–Crippen MR) is 84.3 cm³/mol. The summed E-state index contributed by atoms with van der Waals surface area (Å²) in [5.41, 5.74) is -0.0122. The van der Waals surface area contributed by atoms with Gasteiger partial charge in [0.25, 0.3) is 0 Å². The molecule has 5 heteroatoms. The summed E-state index contributed by atoms with van der Waals surface area (Å²) in [7, 11) is 0. The molecule has 0 bridgehead atoms. The molecule has 0 aromatic heterocycles. The number of urea groups is 1. The molecule has 1 aliphatic heterocycles. The zero-order valence-electron chi connectivity index (χ0n) is 13.4. The van der Waals surface area contributed by atoms with Crippen LogP contribution < -0.4 is 10.6 Å². The van der Waals surface area contributed by atoms with Gasteiger partial charge in [0.1, 0.15) is 0 Å². The van der Waals surface area contributed by atoms with Crippen molar-refractivity contribution in [1.29, 1.82) is 0 Å². The van der Waals surface area contributed by atoms with Crippen LogP contribution in [0.1, 0.15) is 51.9 Å². The summed E-state index contributed by atoms with van der Waals surface area (Å²) in [6, 6.07) is 0.629. The lowest BCUT2D eigenvalue weighted by Gasteiger charge is -2.33. The van der Waals surface area contributed by atoms with Gasteiger partial charge in [0, 0.05) is 24.5 Å². The summed E-state index contributed by atoms with van der Waals surface area (Å²) in [5.74, 6) is 0. The first-order valence-corrected chi connectivity index (χ1v) is 8.52. The molecule has 2 fully saturated rings. The highest BCUT2D eigenvalue weighted by Gasteiger charge is 2.42. The maximum absolute atomic E-state index is 11.6. The van der Waals surface area contributed by atoms with E-state index >= 15 is 0 Å². The summed E-state index contributed by atoms with van der Waals surface area (Å²) in [4.78, 5) is 14.2. The Hall–Kier alpha value is -0.810. The zero-order chi connectivity index (χ0) is 15.1. The third kappa shape index (κ3) is 5.47. The van der Waals surface area contributed by atoms with E-state index in [0.717, 1.165) is 44.8 Å². The maximum atomic E-state index is 11.6. The summed E-state index contributed by atoms with van der Waals surface area (Å²) >= 11 is 0. The number of carbonyl (C=O) groups is 1. The predicted octanol–water partition coefficient (Wildman–Crippen LogP) is 1.71. The van der Waals surface area contributed by atoms with Crippen LogP contribution in [0.15, 0.2) is 0 Å². The van der Waals surface area contributed by atoms with Crippen molar-refractivity contribution in [2.45, 2.75) is 57.9 Å². The van der Waals surface area contributed by atoms with Gasteiger partial charge in [0.2, 0.25) is 0 Å². The largest absolute Gasteiger partial charge is 0.396 e. The minimum Gasteiger partial charge on any atom is -0.396 e. The number of aliphatic hydroxyl groups is 1. The van der Waals surface area contributed by atoms with Gasteiger partial charge < -0.3 is 20.6 Å². The van der Waals surface area contributed by atoms with Crippen LogP contribution in [-0.2, 0) is 0 Å². The van der Waals surface area contributed by atoms with E-state index in [1.807, 2.05) is 0 Å². The Bertz CT molecular complexity index is 331. The second-order valence-electron chi connectivity index (χ2n) is 6.86. The molecule has 2 rings (SSSR count). The van der Waals surface area contributed by atoms with Gasteiger partial charge in [-0.15, -0.1) is 0 Å². The van der Waals surface area contributed by atoms with Crippen LogP contribution in [-0.4, -0.2) is 54.9 Å². The number of hydrogen-bond donors (Lipinski definition) is 3. The van der Waals surface area contributed by atoms with Gasteiger partial charge in [-0.2, -0.15) is 0 Å². The van der Waals surface area contributed by atoms with Gasteiger partial charge in [-0.05, 0) is 58.5 Å². The number of amides is 2. The van der Waals surface area contributed by atoms with Crippen molar-refractivity contribution in [3.8, 4) is 0 Å².